The highest BCUT2D eigenvalue weighted by atomic mass is 16.6. The van der Waals surface area contributed by atoms with E-state index in [1.54, 1.807) is 6.92 Å². The molecule has 0 aliphatic heterocycles. The van der Waals surface area contributed by atoms with Crippen molar-refractivity contribution in [3.05, 3.63) is 0 Å². The highest BCUT2D eigenvalue weighted by molar-refractivity contribution is 5.70. The summed E-state index contributed by atoms with van der Waals surface area (Å²) in [5, 5.41) is 8.14. The van der Waals surface area contributed by atoms with E-state index in [2.05, 4.69) is 10.7 Å². The Morgan fingerprint density at radius 3 is 2.89 bits per heavy atom. The molecule has 0 aromatic carbocycles. The minimum Gasteiger partial charge on any atom is -0.448 e. The lowest BCUT2D eigenvalue weighted by atomic mass is 10.4. The van der Waals surface area contributed by atoms with Crippen LogP contribution in [0.2, 0.25) is 0 Å². The third-order valence-electron chi connectivity index (χ3n) is 0.672. The first-order chi connectivity index (χ1) is 4.20. The lowest BCUT2D eigenvalue weighted by Crippen LogP contribution is -2.15. The molecule has 0 aromatic heterocycles. The minimum absolute atomic E-state index is 0.551. The second-order valence-electron chi connectivity index (χ2n) is 1.46. The van der Waals surface area contributed by atoms with E-state index in [4.69, 9.17) is 11.5 Å². The van der Waals surface area contributed by atoms with Gasteiger partial charge in [-0.1, -0.05) is 5.92 Å². The van der Waals surface area contributed by atoms with Gasteiger partial charge in [-0.2, -0.15) is 0 Å². The quantitative estimate of drug-likeness (QED) is 0.404. The van der Waals surface area contributed by atoms with Gasteiger partial charge in [0.25, 0.3) is 0 Å². The number of terminal acetylenes is 1. The van der Waals surface area contributed by atoms with Crippen molar-refractivity contribution in [3.63, 3.8) is 0 Å². The molecule has 0 aliphatic rings. The fourth-order valence-electron chi connectivity index (χ4n) is 0.268. The standard InChI is InChI=1S/C6H8O3/c1-3-5(2)9-6(8)4-7/h1,5,7H,4H2,2H3. The van der Waals surface area contributed by atoms with Crippen molar-refractivity contribution in [1.82, 2.24) is 0 Å². The molecule has 0 rings (SSSR count). The first-order valence-electron chi connectivity index (χ1n) is 2.47. The van der Waals surface area contributed by atoms with E-state index in [1.165, 1.54) is 0 Å². The van der Waals surface area contributed by atoms with Crippen LogP contribution in [-0.2, 0) is 9.53 Å². The number of ether oxygens (including phenoxy) is 1. The minimum atomic E-state index is -0.694. The van der Waals surface area contributed by atoms with Crippen molar-refractivity contribution in [3.8, 4) is 12.3 Å². The van der Waals surface area contributed by atoms with E-state index in [9.17, 15) is 4.79 Å². The largest absolute Gasteiger partial charge is 0.448 e. The molecule has 0 radical (unpaired) electrons. The highest BCUT2D eigenvalue weighted by Gasteiger charge is 2.02. The zero-order valence-corrected chi connectivity index (χ0v) is 5.13. The van der Waals surface area contributed by atoms with Crippen LogP contribution in [0.3, 0.4) is 0 Å². The summed E-state index contributed by atoms with van der Waals surface area (Å²) < 4.78 is 4.42. The van der Waals surface area contributed by atoms with E-state index in [0.717, 1.165) is 0 Å². The normalized spacial score (nSPS) is 11.7. The fourth-order valence-corrected chi connectivity index (χ4v) is 0.268. The second kappa shape index (κ2) is 3.93. The number of esters is 1. The van der Waals surface area contributed by atoms with Crippen LogP contribution in [-0.4, -0.2) is 23.8 Å². The zero-order valence-electron chi connectivity index (χ0n) is 5.13. The fraction of sp³-hybridized carbons (Fsp3) is 0.500. The van der Waals surface area contributed by atoms with E-state index in [0.29, 0.717) is 0 Å². The summed E-state index contributed by atoms with van der Waals surface area (Å²) in [6.07, 6.45) is 4.31. The Morgan fingerprint density at radius 1 is 2.00 bits per heavy atom. The summed E-state index contributed by atoms with van der Waals surface area (Å²) in [5.74, 6) is 1.48. The van der Waals surface area contributed by atoms with Gasteiger partial charge in [0, 0.05) is 0 Å². The molecule has 0 fully saturated rings. The predicted octanol–water partition coefficient (Wildman–Crippen LogP) is -0.456. The lowest BCUT2D eigenvalue weighted by molar-refractivity contribution is -0.149. The number of carbonyl (C=O) groups is 1. The average molecular weight is 128 g/mol. The molecule has 9 heavy (non-hydrogen) atoms. The van der Waals surface area contributed by atoms with Crippen LogP contribution in [0.4, 0.5) is 0 Å². The first-order valence-corrected chi connectivity index (χ1v) is 2.47. The predicted molar refractivity (Wildman–Crippen MR) is 31.5 cm³/mol. The van der Waals surface area contributed by atoms with Crippen molar-refractivity contribution in [1.29, 1.82) is 0 Å². The molecule has 0 spiro atoms. The SMILES string of the molecule is C#CC(C)OC(=O)CO. The topological polar surface area (TPSA) is 46.5 Å². The van der Waals surface area contributed by atoms with Crippen LogP contribution < -0.4 is 0 Å². The Bertz CT molecular complexity index is 134. The molecule has 1 unspecified atom stereocenters. The van der Waals surface area contributed by atoms with E-state index < -0.39 is 18.7 Å². The molecule has 0 bridgehead atoms. The number of rotatable bonds is 2. The Labute approximate surface area is 53.6 Å². The molecule has 0 saturated carbocycles. The van der Waals surface area contributed by atoms with Gasteiger partial charge < -0.3 is 9.84 Å². The summed E-state index contributed by atoms with van der Waals surface area (Å²) in [6, 6.07) is 0. The monoisotopic (exact) mass is 128 g/mol. The number of aliphatic hydroxyl groups excluding tert-OH is 1. The third-order valence-corrected chi connectivity index (χ3v) is 0.672. The molecule has 1 N–H and O–H groups in total. The van der Waals surface area contributed by atoms with Gasteiger partial charge in [0.1, 0.15) is 6.61 Å². The smallest absolute Gasteiger partial charge is 0.333 e. The van der Waals surface area contributed by atoms with Crippen LogP contribution in [0.25, 0.3) is 0 Å². The molecule has 3 heteroatoms. The van der Waals surface area contributed by atoms with Gasteiger partial charge in [-0.3, -0.25) is 0 Å². The van der Waals surface area contributed by atoms with Gasteiger partial charge in [-0.05, 0) is 6.92 Å². The third kappa shape index (κ3) is 3.56. The van der Waals surface area contributed by atoms with Crippen LogP contribution in [0, 0.1) is 12.3 Å². The van der Waals surface area contributed by atoms with E-state index >= 15 is 0 Å². The van der Waals surface area contributed by atoms with Crippen molar-refractivity contribution in [2.45, 2.75) is 13.0 Å². The van der Waals surface area contributed by atoms with Gasteiger partial charge in [0.05, 0.1) is 0 Å². The summed E-state index contributed by atoms with van der Waals surface area (Å²) in [6.45, 7) is 0.930. The van der Waals surface area contributed by atoms with Gasteiger partial charge in [-0.25, -0.2) is 4.79 Å². The molecule has 0 saturated heterocycles. The molecule has 1 atom stereocenters. The van der Waals surface area contributed by atoms with Crippen LogP contribution in [0.15, 0.2) is 0 Å². The Balaban J connectivity index is 3.50. The number of hydrogen-bond donors (Lipinski definition) is 1. The number of aliphatic hydroxyl groups is 1. The Kier molecular flexibility index (Phi) is 3.49. The molecular formula is C6H8O3. The highest BCUT2D eigenvalue weighted by Crippen LogP contribution is 1.86. The number of carbonyl (C=O) groups excluding carboxylic acids is 1. The van der Waals surface area contributed by atoms with Gasteiger partial charge >= 0.3 is 5.97 Å². The van der Waals surface area contributed by atoms with Crippen molar-refractivity contribution >= 4 is 5.97 Å². The molecular weight excluding hydrogens is 120 g/mol. The molecule has 0 aromatic rings. The van der Waals surface area contributed by atoms with Crippen molar-refractivity contribution < 1.29 is 14.6 Å². The van der Waals surface area contributed by atoms with E-state index in [1.807, 2.05) is 0 Å². The maximum absolute atomic E-state index is 10.2. The first kappa shape index (κ1) is 7.99. The van der Waals surface area contributed by atoms with Crippen molar-refractivity contribution in [2.75, 3.05) is 6.61 Å². The molecule has 0 amide bonds. The van der Waals surface area contributed by atoms with Crippen LogP contribution in [0.5, 0.6) is 0 Å². The molecule has 0 aliphatic carbocycles. The Morgan fingerprint density at radius 2 is 2.56 bits per heavy atom. The van der Waals surface area contributed by atoms with Gasteiger partial charge in [0.15, 0.2) is 6.10 Å². The van der Waals surface area contributed by atoms with Gasteiger partial charge in [0.2, 0.25) is 0 Å². The van der Waals surface area contributed by atoms with E-state index in [-0.39, 0.29) is 0 Å². The molecule has 3 nitrogen and oxygen atoms in total. The van der Waals surface area contributed by atoms with Crippen LogP contribution >= 0.6 is 0 Å². The van der Waals surface area contributed by atoms with Crippen LogP contribution in [0.1, 0.15) is 6.92 Å². The summed E-state index contributed by atoms with van der Waals surface area (Å²) in [7, 11) is 0. The molecule has 50 valence electrons. The summed E-state index contributed by atoms with van der Waals surface area (Å²) in [5.41, 5.74) is 0. The lowest BCUT2D eigenvalue weighted by Gasteiger charge is -2.03. The molecule has 0 heterocycles. The summed E-state index contributed by atoms with van der Waals surface area (Å²) >= 11 is 0. The zero-order chi connectivity index (χ0) is 7.28. The van der Waals surface area contributed by atoms with Gasteiger partial charge in [-0.15, -0.1) is 6.42 Å². The van der Waals surface area contributed by atoms with Crippen molar-refractivity contribution in [2.24, 2.45) is 0 Å². The average Bonchev–Trinajstić information content (AvgIpc) is 1.87. The summed E-state index contributed by atoms with van der Waals surface area (Å²) in [4.78, 5) is 10.2. The Hall–Kier alpha value is -1.01. The number of hydrogen-bond acceptors (Lipinski definition) is 3. The maximum Gasteiger partial charge on any atom is 0.333 e. The second-order valence-corrected chi connectivity index (χ2v) is 1.46. The maximum atomic E-state index is 10.2.